The van der Waals surface area contributed by atoms with Crippen molar-refractivity contribution in [1.82, 2.24) is 9.97 Å². The van der Waals surface area contributed by atoms with Crippen molar-refractivity contribution in [3.63, 3.8) is 0 Å². The van der Waals surface area contributed by atoms with Gasteiger partial charge in [0.1, 0.15) is 0 Å². The summed E-state index contributed by atoms with van der Waals surface area (Å²) in [5.74, 6) is 0.242. The number of carbonyl (C=O) groups excluding carboxylic acids is 1. The van der Waals surface area contributed by atoms with Crippen LogP contribution in [0.5, 0.6) is 0 Å². The molecule has 0 saturated heterocycles. The van der Waals surface area contributed by atoms with Gasteiger partial charge in [0.15, 0.2) is 5.82 Å². The summed E-state index contributed by atoms with van der Waals surface area (Å²) in [6.45, 7) is 0. The molecule has 0 bridgehead atoms. The Morgan fingerprint density at radius 2 is 2.08 bits per heavy atom. The fraction of sp³-hybridized carbons (Fsp3) is 0. The predicted octanol–water partition coefficient (Wildman–Crippen LogP) is -1.75. The third-order valence-electron chi connectivity index (χ3n) is 1.58. The zero-order valence-electron chi connectivity index (χ0n) is 7.07. The predicted molar refractivity (Wildman–Crippen MR) is 47.8 cm³/mol. The molecule has 5 heteroatoms. The summed E-state index contributed by atoms with van der Waals surface area (Å²) < 4.78 is 0. The summed E-state index contributed by atoms with van der Waals surface area (Å²) in [7, 11) is 0. The van der Waals surface area contributed by atoms with Crippen molar-refractivity contribution in [3.05, 3.63) is 30.1 Å². The number of hydrogen-bond acceptors (Lipinski definition) is 3. The van der Waals surface area contributed by atoms with Crippen LogP contribution in [0.25, 0.3) is 11.0 Å². The average Bonchev–Trinajstić information content (AvgIpc) is 2.46. The molecule has 0 fully saturated rings. The molecule has 0 unspecified atom stereocenters. The number of aromatic nitrogens is 2. The summed E-state index contributed by atoms with van der Waals surface area (Å²) in [6.07, 6.45) is 0. The molecular weight excluding hydrogens is 211 g/mol. The Morgan fingerprint density at radius 1 is 1.38 bits per heavy atom. The van der Waals surface area contributed by atoms with Gasteiger partial charge in [0.25, 0.3) is 0 Å². The number of fused-ring (bicyclic) bond motifs is 1. The zero-order chi connectivity index (χ0) is 8.55. The second-order valence-corrected chi connectivity index (χ2v) is 2.76. The molecule has 0 radical (unpaired) electrons. The molecule has 1 N–H and O–H groups in total. The molecule has 0 aliphatic heterocycles. The summed E-state index contributed by atoms with van der Waals surface area (Å²) in [4.78, 5) is 17.6. The molecule has 0 spiro atoms. The van der Waals surface area contributed by atoms with E-state index >= 15 is 0 Å². The van der Waals surface area contributed by atoms with Gasteiger partial charge in [0.2, 0.25) is 0 Å². The van der Waals surface area contributed by atoms with Crippen LogP contribution in [0.4, 0.5) is 0 Å². The van der Waals surface area contributed by atoms with Gasteiger partial charge in [0.05, 0.1) is 16.1 Å². The average molecular weight is 216 g/mol. The van der Waals surface area contributed by atoms with Gasteiger partial charge in [-0.15, -0.1) is 0 Å². The second-order valence-electron chi connectivity index (χ2n) is 2.39. The van der Waals surface area contributed by atoms with Crippen LogP contribution in [0.3, 0.4) is 0 Å². The maximum absolute atomic E-state index is 10.7. The second kappa shape index (κ2) is 4.63. The maximum Gasteiger partial charge on any atom is 1.00 e. The molecule has 1 heterocycles. The monoisotopic (exact) mass is 216 g/mol. The SMILES string of the molecule is O=C([S-])c1nc2ccccc2[nH]1.[K+]. The minimum absolute atomic E-state index is 0. The number of nitrogens with zero attached hydrogens (tertiary/aromatic N) is 1. The fourth-order valence-corrected chi connectivity index (χ4v) is 1.15. The van der Waals surface area contributed by atoms with Crippen molar-refractivity contribution in [1.29, 1.82) is 0 Å². The van der Waals surface area contributed by atoms with E-state index in [9.17, 15) is 4.79 Å². The Kier molecular flexibility index (Phi) is 4.02. The number of carbonyl (C=O) groups is 1. The Bertz CT molecular complexity index is 407. The number of hydrogen-bond donors (Lipinski definition) is 1. The molecule has 0 aliphatic carbocycles. The summed E-state index contributed by atoms with van der Waals surface area (Å²) in [5.41, 5.74) is 1.61. The van der Waals surface area contributed by atoms with Crippen molar-refractivity contribution < 1.29 is 56.2 Å². The molecule has 0 aliphatic rings. The normalized spacial score (nSPS) is 9.54. The van der Waals surface area contributed by atoms with Crippen LogP contribution < -0.4 is 51.4 Å². The number of H-pyrrole nitrogens is 1. The molecule has 3 nitrogen and oxygen atoms in total. The van der Waals surface area contributed by atoms with E-state index in [0.29, 0.717) is 0 Å². The van der Waals surface area contributed by atoms with Crippen molar-refractivity contribution >= 4 is 28.8 Å². The first-order valence-corrected chi connectivity index (χ1v) is 3.84. The van der Waals surface area contributed by atoms with Crippen molar-refractivity contribution in [2.24, 2.45) is 0 Å². The summed E-state index contributed by atoms with van der Waals surface area (Å²) >= 11 is 4.45. The smallest absolute Gasteiger partial charge is 0.734 e. The van der Waals surface area contributed by atoms with E-state index in [4.69, 9.17) is 0 Å². The topological polar surface area (TPSA) is 45.8 Å². The minimum Gasteiger partial charge on any atom is -0.734 e. The standard InChI is InChI=1S/C8H6N2OS.K/c11-8(12)7-9-5-3-1-2-4-6(5)10-7;/h1-4H,(H,9,10)(H,11,12);/q;+1/p-1. The van der Waals surface area contributed by atoms with Crippen molar-refractivity contribution in [2.75, 3.05) is 0 Å². The number of imidazole rings is 1. The summed E-state index contributed by atoms with van der Waals surface area (Å²) in [5, 5.41) is -0.453. The quantitative estimate of drug-likeness (QED) is 0.454. The third kappa shape index (κ3) is 2.37. The van der Waals surface area contributed by atoms with Crippen LogP contribution in [0, 0.1) is 0 Å². The molecule has 60 valence electrons. The van der Waals surface area contributed by atoms with Crippen LogP contribution in [0.1, 0.15) is 10.6 Å². The molecule has 0 saturated carbocycles. The molecule has 1 aromatic carbocycles. The minimum atomic E-state index is -0.453. The fourth-order valence-electron chi connectivity index (χ4n) is 1.05. The van der Waals surface area contributed by atoms with E-state index in [-0.39, 0.29) is 57.2 Å². The van der Waals surface area contributed by atoms with Gasteiger partial charge >= 0.3 is 51.4 Å². The maximum atomic E-state index is 10.7. The first-order valence-electron chi connectivity index (χ1n) is 3.43. The van der Waals surface area contributed by atoms with E-state index in [1.54, 1.807) is 0 Å². The van der Waals surface area contributed by atoms with E-state index in [2.05, 4.69) is 22.6 Å². The van der Waals surface area contributed by atoms with Crippen LogP contribution in [-0.4, -0.2) is 15.1 Å². The molecular formula is C8H5KN2OS. The van der Waals surface area contributed by atoms with Crippen LogP contribution in [0.2, 0.25) is 0 Å². The van der Waals surface area contributed by atoms with Gasteiger partial charge < -0.3 is 22.4 Å². The van der Waals surface area contributed by atoms with E-state index in [0.717, 1.165) is 11.0 Å². The molecule has 0 atom stereocenters. The van der Waals surface area contributed by atoms with Gasteiger partial charge in [0, 0.05) is 0 Å². The Morgan fingerprint density at radius 3 is 2.69 bits per heavy atom. The molecule has 13 heavy (non-hydrogen) atoms. The van der Waals surface area contributed by atoms with Gasteiger partial charge in [-0.25, -0.2) is 4.98 Å². The van der Waals surface area contributed by atoms with Gasteiger partial charge in [-0.3, -0.25) is 0 Å². The van der Waals surface area contributed by atoms with E-state index in [1.807, 2.05) is 24.3 Å². The Labute approximate surface area is 123 Å². The largest absolute Gasteiger partial charge is 1.00 e. The van der Waals surface area contributed by atoms with Crippen LogP contribution >= 0.6 is 0 Å². The molecule has 0 amide bonds. The Balaban J connectivity index is 0.000000845. The van der Waals surface area contributed by atoms with Crippen LogP contribution in [-0.2, 0) is 12.6 Å². The number of benzene rings is 1. The van der Waals surface area contributed by atoms with Crippen molar-refractivity contribution in [3.8, 4) is 0 Å². The third-order valence-corrected chi connectivity index (χ3v) is 1.78. The van der Waals surface area contributed by atoms with E-state index in [1.165, 1.54) is 0 Å². The molecule has 1 aromatic heterocycles. The number of aromatic amines is 1. The van der Waals surface area contributed by atoms with Crippen molar-refractivity contribution in [2.45, 2.75) is 0 Å². The number of nitrogens with one attached hydrogen (secondary N) is 1. The van der Waals surface area contributed by atoms with Gasteiger partial charge in [-0.1, -0.05) is 12.1 Å². The first kappa shape index (κ1) is 11.3. The molecule has 2 aromatic rings. The van der Waals surface area contributed by atoms with Gasteiger partial charge in [-0.05, 0) is 12.1 Å². The summed E-state index contributed by atoms with van der Waals surface area (Å²) in [6, 6.07) is 7.41. The molecule has 2 rings (SSSR count). The first-order chi connectivity index (χ1) is 5.77. The Hall–Kier alpha value is 0.216. The van der Waals surface area contributed by atoms with E-state index < -0.39 is 5.12 Å². The number of para-hydroxylation sites is 2. The zero-order valence-corrected chi connectivity index (χ0v) is 11.0. The van der Waals surface area contributed by atoms with Crippen LogP contribution in [0.15, 0.2) is 24.3 Å². The number of rotatable bonds is 1. The van der Waals surface area contributed by atoms with Gasteiger partial charge in [-0.2, -0.15) is 0 Å².